The Bertz CT molecular complexity index is 900. The Hall–Kier alpha value is -2.50. The first kappa shape index (κ1) is 20.8. The maximum Gasteiger partial charge on any atom is 0.225 e. The first-order chi connectivity index (χ1) is 14.4. The van der Waals surface area contributed by atoms with Crippen LogP contribution in [0, 0.1) is 18.7 Å². The third kappa shape index (κ3) is 4.32. The Labute approximate surface area is 178 Å². The van der Waals surface area contributed by atoms with Gasteiger partial charge in [-0.15, -0.1) is 0 Å². The summed E-state index contributed by atoms with van der Waals surface area (Å²) in [4.78, 5) is 26.5. The van der Waals surface area contributed by atoms with Crippen LogP contribution in [0.2, 0.25) is 0 Å². The van der Waals surface area contributed by atoms with Crippen LogP contribution in [0.15, 0.2) is 24.3 Å². The number of benzene rings is 1. The fourth-order valence-electron chi connectivity index (χ4n) is 4.37. The Balaban J connectivity index is 1.58. The molecule has 5 nitrogen and oxygen atoms in total. The second-order valence-electron chi connectivity index (χ2n) is 8.86. The van der Waals surface area contributed by atoms with Crippen LogP contribution in [-0.4, -0.2) is 47.0 Å². The summed E-state index contributed by atoms with van der Waals surface area (Å²) in [6.07, 6.45) is 3.94. The van der Waals surface area contributed by atoms with Gasteiger partial charge in [-0.1, -0.05) is 32.4 Å². The number of rotatable bonds is 5. The van der Waals surface area contributed by atoms with Gasteiger partial charge >= 0.3 is 0 Å². The molecule has 6 heteroatoms. The van der Waals surface area contributed by atoms with Gasteiger partial charge < -0.3 is 9.80 Å². The van der Waals surface area contributed by atoms with Crippen LogP contribution in [-0.2, 0) is 11.2 Å². The number of aryl methyl sites for hydroxylation is 1. The van der Waals surface area contributed by atoms with Crippen LogP contribution in [0.25, 0.3) is 0 Å². The standard InChI is InChI=1S/C24H31FN4O/c1-16(2)22-21(15-18-7-9-20(25)10-8-18)23(27-17(3)26-22)28-11-13-29(14-12-28)24(30)19-5-4-6-19/h7-10,16,19H,4-6,11-15H2,1-3H3. The van der Waals surface area contributed by atoms with Gasteiger partial charge in [0.15, 0.2) is 0 Å². The molecule has 0 spiro atoms. The van der Waals surface area contributed by atoms with E-state index in [1.165, 1.54) is 18.6 Å². The van der Waals surface area contributed by atoms with E-state index in [-0.39, 0.29) is 17.7 Å². The predicted octanol–water partition coefficient (Wildman–Crippen LogP) is 4.09. The molecule has 2 aromatic rings. The molecule has 2 heterocycles. The Morgan fingerprint density at radius 3 is 2.33 bits per heavy atom. The van der Waals surface area contributed by atoms with Crippen molar-refractivity contribution < 1.29 is 9.18 Å². The lowest BCUT2D eigenvalue weighted by Gasteiger charge is -2.39. The highest BCUT2D eigenvalue weighted by Crippen LogP contribution is 2.31. The zero-order valence-corrected chi connectivity index (χ0v) is 18.2. The van der Waals surface area contributed by atoms with E-state index in [2.05, 4.69) is 18.7 Å². The molecule has 0 bridgehead atoms. The minimum Gasteiger partial charge on any atom is -0.353 e. The molecule has 1 saturated heterocycles. The molecular weight excluding hydrogens is 379 g/mol. The number of hydrogen-bond donors (Lipinski definition) is 0. The van der Waals surface area contributed by atoms with Crippen molar-refractivity contribution >= 4 is 11.7 Å². The number of nitrogens with zero attached hydrogens (tertiary/aromatic N) is 4. The quantitative estimate of drug-likeness (QED) is 0.745. The van der Waals surface area contributed by atoms with Crippen molar-refractivity contribution in [2.24, 2.45) is 5.92 Å². The third-order valence-corrected chi connectivity index (χ3v) is 6.32. The van der Waals surface area contributed by atoms with E-state index in [9.17, 15) is 9.18 Å². The summed E-state index contributed by atoms with van der Waals surface area (Å²) in [5.74, 6) is 2.35. The van der Waals surface area contributed by atoms with Crippen molar-refractivity contribution in [2.45, 2.75) is 52.4 Å². The summed E-state index contributed by atoms with van der Waals surface area (Å²) in [6.45, 7) is 9.28. The SMILES string of the molecule is Cc1nc(C(C)C)c(Cc2ccc(F)cc2)c(N2CCN(C(=O)C3CCC3)CC2)n1. The number of carbonyl (C=O) groups excluding carboxylic acids is 1. The van der Waals surface area contributed by atoms with Gasteiger partial charge in [0.1, 0.15) is 17.5 Å². The van der Waals surface area contributed by atoms with E-state index < -0.39 is 0 Å². The largest absolute Gasteiger partial charge is 0.353 e. The molecule has 1 aliphatic carbocycles. The molecule has 2 fully saturated rings. The number of halogens is 1. The lowest BCUT2D eigenvalue weighted by atomic mass is 9.84. The van der Waals surface area contributed by atoms with Gasteiger partial charge in [-0.2, -0.15) is 0 Å². The molecule has 0 unspecified atom stereocenters. The van der Waals surface area contributed by atoms with Gasteiger partial charge in [-0.25, -0.2) is 14.4 Å². The van der Waals surface area contributed by atoms with E-state index in [4.69, 9.17) is 9.97 Å². The summed E-state index contributed by atoms with van der Waals surface area (Å²) in [5, 5.41) is 0. The average molecular weight is 411 g/mol. The van der Waals surface area contributed by atoms with Gasteiger partial charge in [-0.3, -0.25) is 4.79 Å². The monoisotopic (exact) mass is 410 g/mol. The minimum absolute atomic E-state index is 0.226. The van der Waals surface area contributed by atoms with Crippen molar-refractivity contribution in [3.05, 3.63) is 52.7 Å². The van der Waals surface area contributed by atoms with Crippen molar-refractivity contribution in [3.8, 4) is 0 Å². The molecule has 2 aliphatic rings. The number of aromatic nitrogens is 2. The Kier molecular flexibility index (Phi) is 6.02. The van der Waals surface area contributed by atoms with Crippen LogP contribution >= 0.6 is 0 Å². The Morgan fingerprint density at radius 1 is 1.10 bits per heavy atom. The first-order valence-corrected chi connectivity index (χ1v) is 11.1. The maximum absolute atomic E-state index is 13.4. The first-order valence-electron chi connectivity index (χ1n) is 11.1. The van der Waals surface area contributed by atoms with Gasteiger partial charge in [0.25, 0.3) is 0 Å². The lowest BCUT2D eigenvalue weighted by molar-refractivity contribution is -0.138. The number of piperazine rings is 1. The smallest absolute Gasteiger partial charge is 0.225 e. The normalized spacial score (nSPS) is 17.4. The van der Waals surface area contributed by atoms with E-state index in [1.54, 1.807) is 0 Å². The van der Waals surface area contributed by atoms with Gasteiger partial charge in [0.05, 0.1) is 5.69 Å². The zero-order valence-electron chi connectivity index (χ0n) is 18.2. The highest BCUT2D eigenvalue weighted by Gasteiger charge is 2.32. The highest BCUT2D eigenvalue weighted by atomic mass is 19.1. The summed E-state index contributed by atoms with van der Waals surface area (Å²) < 4.78 is 13.4. The molecule has 1 aliphatic heterocycles. The highest BCUT2D eigenvalue weighted by molar-refractivity contribution is 5.80. The molecule has 30 heavy (non-hydrogen) atoms. The van der Waals surface area contributed by atoms with Crippen LogP contribution in [0.1, 0.15) is 61.7 Å². The summed E-state index contributed by atoms with van der Waals surface area (Å²) in [6, 6.07) is 6.67. The van der Waals surface area contributed by atoms with Crippen LogP contribution in [0.3, 0.4) is 0 Å². The Morgan fingerprint density at radius 2 is 1.77 bits per heavy atom. The summed E-state index contributed by atoms with van der Waals surface area (Å²) in [5.41, 5.74) is 3.21. The van der Waals surface area contributed by atoms with Gasteiger partial charge in [-0.05, 0) is 43.4 Å². The molecule has 1 aromatic carbocycles. The molecule has 4 rings (SSSR count). The molecule has 1 saturated carbocycles. The fourth-order valence-corrected chi connectivity index (χ4v) is 4.37. The van der Waals surface area contributed by atoms with Crippen molar-refractivity contribution in [1.82, 2.24) is 14.9 Å². The van der Waals surface area contributed by atoms with Gasteiger partial charge in [0.2, 0.25) is 5.91 Å². The third-order valence-electron chi connectivity index (χ3n) is 6.32. The summed E-state index contributed by atoms with van der Waals surface area (Å²) in [7, 11) is 0. The molecule has 1 amide bonds. The van der Waals surface area contributed by atoms with Crippen LogP contribution in [0.4, 0.5) is 10.2 Å². The molecule has 0 radical (unpaired) electrons. The number of hydrogen-bond acceptors (Lipinski definition) is 4. The number of amides is 1. The minimum atomic E-state index is -0.226. The molecule has 0 N–H and O–H groups in total. The van der Waals surface area contributed by atoms with E-state index >= 15 is 0 Å². The molecule has 1 aromatic heterocycles. The van der Waals surface area contributed by atoms with Crippen molar-refractivity contribution in [1.29, 1.82) is 0 Å². The van der Waals surface area contributed by atoms with E-state index in [1.807, 2.05) is 24.0 Å². The number of carbonyl (C=O) groups is 1. The topological polar surface area (TPSA) is 49.3 Å². The maximum atomic E-state index is 13.4. The van der Waals surface area contributed by atoms with E-state index in [0.29, 0.717) is 12.3 Å². The molecule has 0 atom stereocenters. The van der Waals surface area contributed by atoms with E-state index in [0.717, 1.165) is 67.5 Å². The lowest BCUT2D eigenvalue weighted by Crippen LogP contribution is -2.51. The zero-order chi connectivity index (χ0) is 21.3. The van der Waals surface area contributed by atoms with Crippen molar-refractivity contribution in [2.75, 3.05) is 31.1 Å². The van der Waals surface area contributed by atoms with Gasteiger partial charge in [0, 0.05) is 44.1 Å². The van der Waals surface area contributed by atoms with Crippen LogP contribution in [0.5, 0.6) is 0 Å². The molecular formula is C24H31FN4O. The fraction of sp³-hybridized carbons (Fsp3) is 0.542. The second kappa shape index (κ2) is 8.70. The van der Waals surface area contributed by atoms with Crippen molar-refractivity contribution in [3.63, 3.8) is 0 Å². The molecule has 160 valence electrons. The second-order valence-corrected chi connectivity index (χ2v) is 8.86. The van der Waals surface area contributed by atoms with Crippen LogP contribution < -0.4 is 4.90 Å². The predicted molar refractivity (Wildman–Crippen MR) is 116 cm³/mol. The average Bonchev–Trinajstić information content (AvgIpc) is 2.69. The summed E-state index contributed by atoms with van der Waals surface area (Å²) >= 11 is 0. The number of anilines is 1.